The highest BCUT2D eigenvalue weighted by atomic mass is 35.5. The van der Waals surface area contributed by atoms with E-state index >= 15 is 0 Å². The smallest absolute Gasteiger partial charge is 0.124 e. The summed E-state index contributed by atoms with van der Waals surface area (Å²) in [5.41, 5.74) is 0.878. The fourth-order valence-corrected chi connectivity index (χ4v) is 1.60. The number of hydrogen-bond donors (Lipinski definition) is 1. The number of hydrogen-bond acceptors (Lipinski definition) is 3. The van der Waals surface area contributed by atoms with Crippen molar-refractivity contribution in [3.05, 3.63) is 45.6 Å². The minimum Gasteiger partial charge on any atom is -0.372 e. The molecule has 1 aromatic rings. The van der Waals surface area contributed by atoms with E-state index in [4.69, 9.17) is 33.7 Å². The Morgan fingerprint density at radius 1 is 1.31 bits per heavy atom. The van der Waals surface area contributed by atoms with Crippen LogP contribution in [-0.2, 0) is 6.54 Å². The van der Waals surface area contributed by atoms with Crippen LogP contribution in [0.25, 0.3) is 0 Å². The molecule has 0 aliphatic heterocycles. The van der Waals surface area contributed by atoms with Crippen LogP contribution in [0.3, 0.4) is 0 Å². The van der Waals surface area contributed by atoms with E-state index in [2.05, 4.69) is 5.32 Å². The number of nitriles is 2. The van der Waals surface area contributed by atoms with Crippen molar-refractivity contribution in [3.63, 3.8) is 0 Å². The Morgan fingerprint density at radius 3 is 2.44 bits per heavy atom. The SMILES string of the molecule is N#CC=C(C#N)NCc1c(Cl)cccc1Cl. The summed E-state index contributed by atoms with van der Waals surface area (Å²) in [6, 6.07) is 8.79. The summed E-state index contributed by atoms with van der Waals surface area (Å²) in [7, 11) is 0. The summed E-state index contributed by atoms with van der Waals surface area (Å²) in [6.45, 7) is 0.305. The molecule has 1 rings (SSSR count). The predicted molar refractivity (Wildman–Crippen MR) is 62.6 cm³/mol. The second-order valence-corrected chi connectivity index (χ2v) is 3.67. The van der Waals surface area contributed by atoms with Gasteiger partial charge in [-0.25, -0.2) is 0 Å². The molecule has 0 aromatic heterocycles. The van der Waals surface area contributed by atoms with Crippen LogP contribution in [0.5, 0.6) is 0 Å². The molecule has 0 bridgehead atoms. The highest BCUT2D eigenvalue weighted by Gasteiger charge is 2.05. The number of benzene rings is 1. The zero-order valence-electron chi connectivity index (χ0n) is 8.17. The zero-order valence-corrected chi connectivity index (χ0v) is 9.68. The number of nitrogens with one attached hydrogen (secondary N) is 1. The number of halogens is 2. The number of allylic oxidation sites excluding steroid dienone is 2. The van der Waals surface area contributed by atoms with Crippen molar-refractivity contribution in [3.8, 4) is 12.1 Å². The Kier molecular flexibility index (Phi) is 4.66. The van der Waals surface area contributed by atoms with Gasteiger partial charge in [0.25, 0.3) is 0 Å². The zero-order chi connectivity index (χ0) is 12.0. The van der Waals surface area contributed by atoms with Crippen molar-refractivity contribution in [2.45, 2.75) is 6.54 Å². The molecule has 0 heterocycles. The lowest BCUT2D eigenvalue weighted by Gasteiger charge is -2.07. The lowest BCUT2D eigenvalue weighted by Crippen LogP contribution is -2.12. The van der Waals surface area contributed by atoms with Gasteiger partial charge in [-0.1, -0.05) is 29.3 Å². The third-order valence-electron chi connectivity index (χ3n) is 1.85. The quantitative estimate of drug-likeness (QED) is 0.841. The van der Waals surface area contributed by atoms with E-state index in [0.29, 0.717) is 22.2 Å². The topological polar surface area (TPSA) is 59.6 Å². The lowest BCUT2D eigenvalue weighted by molar-refractivity contribution is 0.837. The summed E-state index contributed by atoms with van der Waals surface area (Å²) in [5.74, 6) is 0. The van der Waals surface area contributed by atoms with E-state index in [-0.39, 0.29) is 5.70 Å². The fraction of sp³-hybridized carbons (Fsp3) is 0.0909. The van der Waals surface area contributed by atoms with E-state index in [9.17, 15) is 0 Å². The van der Waals surface area contributed by atoms with Gasteiger partial charge in [0.2, 0.25) is 0 Å². The van der Waals surface area contributed by atoms with E-state index in [0.717, 1.165) is 6.08 Å². The molecule has 0 saturated heterocycles. The maximum Gasteiger partial charge on any atom is 0.124 e. The Balaban J connectivity index is 2.80. The monoisotopic (exact) mass is 251 g/mol. The first-order valence-corrected chi connectivity index (χ1v) is 5.11. The Hall–Kier alpha value is -1.68. The molecule has 0 atom stereocenters. The van der Waals surface area contributed by atoms with E-state index < -0.39 is 0 Å². The van der Waals surface area contributed by atoms with Crippen molar-refractivity contribution >= 4 is 23.2 Å². The lowest BCUT2D eigenvalue weighted by atomic mass is 10.2. The third kappa shape index (κ3) is 3.17. The van der Waals surface area contributed by atoms with Gasteiger partial charge < -0.3 is 5.32 Å². The molecule has 0 radical (unpaired) electrons. The number of rotatable bonds is 3. The summed E-state index contributed by atoms with van der Waals surface area (Å²) in [4.78, 5) is 0. The van der Waals surface area contributed by atoms with Gasteiger partial charge in [0, 0.05) is 28.2 Å². The molecule has 80 valence electrons. The molecular weight excluding hydrogens is 245 g/mol. The summed E-state index contributed by atoms with van der Waals surface area (Å²) in [6.07, 6.45) is 1.13. The van der Waals surface area contributed by atoms with Crippen LogP contribution in [0.1, 0.15) is 5.56 Å². The average Bonchev–Trinajstić information content (AvgIpc) is 2.27. The normalized spacial score (nSPS) is 10.4. The van der Waals surface area contributed by atoms with E-state index in [1.54, 1.807) is 24.3 Å². The molecule has 0 unspecified atom stereocenters. The molecule has 0 aliphatic carbocycles. The van der Waals surface area contributed by atoms with Gasteiger partial charge in [0.15, 0.2) is 0 Å². The molecule has 5 heteroatoms. The number of nitrogens with zero attached hydrogens (tertiary/aromatic N) is 2. The van der Waals surface area contributed by atoms with Crippen molar-refractivity contribution in [2.24, 2.45) is 0 Å². The molecule has 3 nitrogen and oxygen atoms in total. The predicted octanol–water partition coefficient (Wildman–Crippen LogP) is 3.01. The van der Waals surface area contributed by atoms with Gasteiger partial charge in [-0.2, -0.15) is 10.5 Å². The minimum absolute atomic E-state index is 0.179. The maximum atomic E-state index is 8.68. The molecule has 0 spiro atoms. The van der Waals surface area contributed by atoms with Gasteiger partial charge in [0.1, 0.15) is 11.8 Å². The van der Waals surface area contributed by atoms with Gasteiger partial charge in [0.05, 0.1) is 6.07 Å². The first-order valence-electron chi connectivity index (χ1n) is 4.35. The highest BCUT2D eigenvalue weighted by molar-refractivity contribution is 6.35. The van der Waals surface area contributed by atoms with Crippen LogP contribution in [0, 0.1) is 22.7 Å². The van der Waals surface area contributed by atoms with Crippen molar-refractivity contribution in [2.75, 3.05) is 0 Å². The first kappa shape index (κ1) is 12.4. The Bertz CT molecular complexity index is 475. The van der Waals surface area contributed by atoms with E-state index in [1.165, 1.54) is 0 Å². The van der Waals surface area contributed by atoms with Crippen LogP contribution in [-0.4, -0.2) is 0 Å². The maximum absolute atomic E-state index is 8.68. The molecule has 0 saturated carbocycles. The fourth-order valence-electron chi connectivity index (χ4n) is 1.07. The van der Waals surface area contributed by atoms with Crippen molar-refractivity contribution < 1.29 is 0 Å². The standard InChI is InChI=1S/C11H7Cl2N3/c12-10-2-1-3-11(13)9(10)7-16-8(6-15)4-5-14/h1-4,16H,7H2. The van der Waals surface area contributed by atoms with Crippen LogP contribution in [0.4, 0.5) is 0 Å². The van der Waals surface area contributed by atoms with E-state index in [1.807, 2.05) is 6.07 Å². The van der Waals surface area contributed by atoms with Gasteiger partial charge in [-0.05, 0) is 12.1 Å². The van der Waals surface area contributed by atoms with Crippen molar-refractivity contribution in [1.82, 2.24) is 5.32 Å². The second kappa shape index (κ2) is 6.02. The summed E-state index contributed by atoms with van der Waals surface area (Å²) >= 11 is 11.9. The summed E-state index contributed by atoms with van der Waals surface area (Å²) < 4.78 is 0. The minimum atomic E-state index is 0.179. The van der Waals surface area contributed by atoms with Crippen LogP contribution in [0.15, 0.2) is 30.0 Å². The van der Waals surface area contributed by atoms with Crippen LogP contribution < -0.4 is 5.32 Å². The molecule has 1 N–H and O–H groups in total. The van der Waals surface area contributed by atoms with Gasteiger partial charge in [-0.3, -0.25) is 0 Å². The Morgan fingerprint density at radius 2 is 1.94 bits per heavy atom. The highest BCUT2D eigenvalue weighted by Crippen LogP contribution is 2.23. The molecule has 0 amide bonds. The van der Waals surface area contributed by atoms with Crippen molar-refractivity contribution in [1.29, 1.82) is 10.5 Å². The van der Waals surface area contributed by atoms with Crippen LogP contribution >= 0.6 is 23.2 Å². The van der Waals surface area contributed by atoms with Gasteiger partial charge >= 0.3 is 0 Å². The van der Waals surface area contributed by atoms with Gasteiger partial charge in [-0.15, -0.1) is 0 Å². The largest absolute Gasteiger partial charge is 0.372 e. The molecule has 0 aliphatic rings. The van der Waals surface area contributed by atoms with Crippen LogP contribution in [0.2, 0.25) is 10.0 Å². The summed E-state index contributed by atoms with van der Waals surface area (Å²) in [5, 5.41) is 20.9. The molecular formula is C11H7Cl2N3. The Labute approximate surface area is 104 Å². The third-order valence-corrected chi connectivity index (χ3v) is 2.55. The first-order chi connectivity index (χ1) is 7.69. The molecule has 16 heavy (non-hydrogen) atoms. The average molecular weight is 252 g/mol. The molecule has 0 fully saturated rings. The molecule has 1 aromatic carbocycles. The second-order valence-electron chi connectivity index (χ2n) is 2.85.